The Bertz CT molecular complexity index is 1470. The summed E-state index contributed by atoms with van der Waals surface area (Å²) in [6.45, 7) is 5.04. The Kier molecular flexibility index (Phi) is 88.2. The zero-order valence-corrected chi connectivity index (χ0v) is 68.3. The van der Waals surface area contributed by atoms with Gasteiger partial charge in [0, 0.05) is 12.8 Å². The van der Waals surface area contributed by atoms with Crippen LogP contribution in [0.5, 0.6) is 0 Å². The van der Waals surface area contributed by atoms with Gasteiger partial charge in [0.05, 0.1) is 25.4 Å². The monoisotopic (exact) mass is 1400 g/mol. The summed E-state index contributed by atoms with van der Waals surface area (Å²) >= 11 is 0. The first kappa shape index (κ1) is 97.9. The topological polar surface area (TPSA) is 95.9 Å². The van der Waals surface area contributed by atoms with Crippen LogP contribution in [0.3, 0.4) is 0 Å². The van der Waals surface area contributed by atoms with Gasteiger partial charge in [-0.1, -0.05) is 521 Å². The minimum absolute atomic E-state index is 0.0215. The van der Waals surface area contributed by atoms with Crippen LogP contribution < -0.4 is 5.32 Å². The molecule has 1 amide bonds. The number of hydrogen-bond donors (Lipinski definition) is 3. The van der Waals surface area contributed by atoms with Gasteiger partial charge in [-0.3, -0.25) is 9.59 Å². The number of esters is 1. The summed E-state index contributed by atoms with van der Waals surface area (Å²) < 4.78 is 5.53. The molecule has 6 heteroatoms. The Morgan fingerprint density at radius 1 is 0.242 bits per heavy atom. The standard InChI is InChI=1S/C93H185NO5/c1-3-5-7-9-11-13-15-17-19-21-23-24-25-43-46-50-53-57-61-65-69-73-77-81-85-91(96)90(89-95)94-92(97)86-82-78-74-70-66-62-58-54-51-47-44-41-39-37-35-33-31-29-27-26-28-30-32-34-36-38-40-42-45-48-52-56-60-64-68-72-76-80-84-88-99-93(98)87-83-79-75-71-67-63-59-55-49-22-20-18-16-14-12-10-8-6-4-2/h90-91,95-96H,3-89H2,1-2H3,(H,94,97). The van der Waals surface area contributed by atoms with Crippen molar-refractivity contribution in [2.45, 2.75) is 572 Å². The van der Waals surface area contributed by atoms with Crippen LogP contribution in [0.25, 0.3) is 0 Å². The summed E-state index contributed by atoms with van der Waals surface area (Å²) in [4.78, 5) is 24.7. The van der Waals surface area contributed by atoms with Gasteiger partial charge in [-0.2, -0.15) is 0 Å². The van der Waals surface area contributed by atoms with Crippen molar-refractivity contribution in [3.05, 3.63) is 0 Å². The number of carbonyl (C=O) groups is 2. The van der Waals surface area contributed by atoms with E-state index < -0.39 is 12.1 Å². The molecular weight excluding hydrogens is 1210 g/mol. The number of ether oxygens (including phenoxy) is 1. The number of aliphatic hydroxyl groups excluding tert-OH is 2. The van der Waals surface area contributed by atoms with Gasteiger partial charge < -0.3 is 20.3 Å². The van der Waals surface area contributed by atoms with E-state index in [4.69, 9.17) is 4.74 Å². The van der Waals surface area contributed by atoms with Crippen LogP contribution in [0.2, 0.25) is 0 Å². The fourth-order valence-corrected chi connectivity index (χ4v) is 15.6. The number of hydrogen-bond acceptors (Lipinski definition) is 5. The second-order valence-corrected chi connectivity index (χ2v) is 32.7. The maximum absolute atomic E-state index is 12.6. The first-order chi connectivity index (χ1) is 49.0. The van der Waals surface area contributed by atoms with Crippen molar-refractivity contribution in [2.75, 3.05) is 13.2 Å². The van der Waals surface area contributed by atoms with Crippen molar-refractivity contribution in [3.63, 3.8) is 0 Å². The Morgan fingerprint density at radius 3 is 0.616 bits per heavy atom. The third-order valence-electron chi connectivity index (χ3n) is 22.7. The summed E-state index contributed by atoms with van der Waals surface area (Å²) in [6, 6.07) is -0.537. The lowest BCUT2D eigenvalue weighted by molar-refractivity contribution is -0.143. The maximum atomic E-state index is 12.6. The van der Waals surface area contributed by atoms with Crippen molar-refractivity contribution in [1.82, 2.24) is 5.32 Å². The van der Waals surface area contributed by atoms with Gasteiger partial charge in [-0.25, -0.2) is 0 Å². The summed E-state index contributed by atoms with van der Waals surface area (Å²) in [5, 5.41) is 23.5. The molecule has 0 spiro atoms. The molecule has 2 unspecified atom stereocenters. The van der Waals surface area contributed by atoms with Crippen molar-refractivity contribution in [3.8, 4) is 0 Å². The van der Waals surface area contributed by atoms with E-state index in [9.17, 15) is 19.8 Å². The van der Waals surface area contributed by atoms with Gasteiger partial charge in [0.1, 0.15) is 0 Å². The molecule has 0 aromatic carbocycles. The predicted molar refractivity (Wildman–Crippen MR) is 440 cm³/mol. The van der Waals surface area contributed by atoms with Crippen LogP contribution in [0.1, 0.15) is 560 Å². The smallest absolute Gasteiger partial charge is 0.305 e. The summed E-state index contributed by atoms with van der Waals surface area (Å²) in [5.74, 6) is 0.00928. The molecule has 0 saturated heterocycles. The summed E-state index contributed by atoms with van der Waals surface area (Å²) in [5.41, 5.74) is 0. The lowest BCUT2D eigenvalue weighted by Gasteiger charge is -2.22. The number of amides is 1. The predicted octanol–water partition coefficient (Wildman–Crippen LogP) is 31.6. The molecule has 0 aromatic heterocycles. The van der Waals surface area contributed by atoms with Gasteiger partial charge in [0.2, 0.25) is 5.91 Å². The minimum atomic E-state index is -0.661. The number of nitrogens with one attached hydrogen (secondary N) is 1. The second-order valence-electron chi connectivity index (χ2n) is 32.7. The van der Waals surface area contributed by atoms with Gasteiger partial charge in [-0.15, -0.1) is 0 Å². The maximum Gasteiger partial charge on any atom is 0.305 e. The SMILES string of the molecule is CCCCCCCCCCCCCCCCCCCCCCCCCCC(O)C(CO)NC(=O)CCCCCCCCCCCCCCCCCCCCCCCCCCCCCCCCCCCCCCCCCOC(=O)CCCCCCCCCCCCCCCCCCCCC. The van der Waals surface area contributed by atoms with E-state index in [1.165, 1.54) is 488 Å². The van der Waals surface area contributed by atoms with E-state index in [-0.39, 0.29) is 18.5 Å². The molecule has 6 nitrogen and oxygen atoms in total. The highest BCUT2D eigenvalue weighted by Gasteiger charge is 2.20. The minimum Gasteiger partial charge on any atom is -0.466 e. The van der Waals surface area contributed by atoms with Crippen molar-refractivity contribution >= 4 is 11.9 Å². The number of unbranched alkanes of at least 4 members (excludes halogenated alkanes) is 79. The molecule has 99 heavy (non-hydrogen) atoms. The molecule has 0 aromatic rings. The molecule has 0 bridgehead atoms. The Morgan fingerprint density at radius 2 is 0.414 bits per heavy atom. The average molecular weight is 1400 g/mol. The molecule has 0 saturated carbocycles. The lowest BCUT2D eigenvalue weighted by atomic mass is 10.0. The number of rotatable bonds is 90. The molecule has 2 atom stereocenters. The van der Waals surface area contributed by atoms with Crippen LogP contribution in [-0.4, -0.2) is 47.4 Å². The Labute approximate surface area is 623 Å². The molecule has 0 rings (SSSR count). The zero-order chi connectivity index (χ0) is 71.2. The van der Waals surface area contributed by atoms with E-state index in [2.05, 4.69) is 19.2 Å². The van der Waals surface area contributed by atoms with Gasteiger partial charge in [-0.05, 0) is 25.7 Å². The molecule has 0 aliphatic carbocycles. The van der Waals surface area contributed by atoms with E-state index in [0.29, 0.717) is 25.9 Å². The van der Waals surface area contributed by atoms with Gasteiger partial charge in [0.15, 0.2) is 0 Å². The fourth-order valence-electron chi connectivity index (χ4n) is 15.6. The van der Waals surface area contributed by atoms with Crippen LogP contribution in [-0.2, 0) is 14.3 Å². The largest absolute Gasteiger partial charge is 0.466 e. The van der Waals surface area contributed by atoms with Crippen LogP contribution in [0.15, 0.2) is 0 Å². The Balaban J connectivity index is 3.28. The molecule has 0 aliphatic rings. The third kappa shape index (κ3) is 85.7. The van der Waals surface area contributed by atoms with Gasteiger partial charge in [0.25, 0.3) is 0 Å². The molecule has 0 aliphatic heterocycles. The van der Waals surface area contributed by atoms with E-state index in [1.54, 1.807) is 0 Å². The second kappa shape index (κ2) is 89.3. The highest BCUT2D eigenvalue weighted by Crippen LogP contribution is 2.22. The van der Waals surface area contributed by atoms with Crippen molar-refractivity contribution in [2.24, 2.45) is 0 Å². The number of carbonyl (C=O) groups excluding carboxylic acids is 2. The van der Waals surface area contributed by atoms with E-state index in [0.717, 1.165) is 38.5 Å². The summed E-state index contributed by atoms with van der Waals surface area (Å²) in [6.07, 6.45) is 114. The first-order valence-corrected chi connectivity index (χ1v) is 46.8. The Hall–Kier alpha value is -1.14. The zero-order valence-electron chi connectivity index (χ0n) is 68.3. The molecule has 592 valence electrons. The average Bonchev–Trinajstić information content (AvgIpc) is 2.39. The van der Waals surface area contributed by atoms with Crippen LogP contribution in [0, 0.1) is 0 Å². The van der Waals surface area contributed by atoms with Crippen molar-refractivity contribution in [1.29, 1.82) is 0 Å². The molecule has 3 N–H and O–H groups in total. The number of aliphatic hydroxyl groups is 2. The fraction of sp³-hybridized carbons (Fsp3) is 0.978. The van der Waals surface area contributed by atoms with E-state index >= 15 is 0 Å². The molecule has 0 radical (unpaired) electrons. The molecule has 0 heterocycles. The van der Waals surface area contributed by atoms with Crippen LogP contribution >= 0.6 is 0 Å². The lowest BCUT2D eigenvalue weighted by Crippen LogP contribution is -2.45. The highest BCUT2D eigenvalue weighted by molar-refractivity contribution is 5.76. The van der Waals surface area contributed by atoms with Crippen LogP contribution in [0.4, 0.5) is 0 Å². The normalized spacial score (nSPS) is 12.3. The first-order valence-electron chi connectivity index (χ1n) is 46.8. The summed E-state index contributed by atoms with van der Waals surface area (Å²) in [7, 11) is 0. The molecule has 0 fully saturated rings. The quantitative estimate of drug-likeness (QED) is 0.0417. The molecular formula is C93H185NO5. The van der Waals surface area contributed by atoms with Gasteiger partial charge >= 0.3 is 5.97 Å². The third-order valence-corrected chi connectivity index (χ3v) is 22.7. The highest BCUT2D eigenvalue weighted by atomic mass is 16.5. The van der Waals surface area contributed by atoms with E-state index in [1.807, 2.05) is 0 Å². The van der Waals surface area contributed by atoms with Crippen molar-refractivity contribution < 1.29 is 24.5 Å².